The second kappa shape index (κ2) is 7.86. The van der Waals surface area contributed by atoms with Crippen LogP contribution in [0, 0.1) is 0 Å². The highest BCUT2D eigenvalue weighted by Crippen LogP contribution is 2.28. The van der Waals surface area contributed by atoms with Gasteiger partial charge in [-0.25, -0.2) is 0 Å². The van der Waals surface area contributed by atoms with Crippen LogP contribution in [0.5, 0.6) is 0 Å². The lowest BCUT2D eigenvalue weighted by Crippen LogP contribution is -2.33. The van der Waals surface area contributed by atoms with E-state index in [4.69, 9.17) is 4.74 Å². The topological polar surface area (TPSA) is 36.9 Å². The SMILES string of the molecule is C=N/C=C1/CCN(C(/C=C\C)=C(\C)C2=C(C)OCCN2)CC1=C. The average Bonchev–Trinajstić information content (AvgIpc) is 2.54. The van der Waals surface area contributed by atoms with Gasteiger partial charge in [-0.1, -0.05) is 12.7 Å². The summed E-state index contributed by atoms with van der Waals surface area (Å²) in [5, 5.41) is 3.47. The van der Waals surface area contributed by atoms with Gasteiger partial charge in [-0.05, 0) is 56.7 Å². The van der Waals surface area contributed by atoms with Crippen LogP contribution in [-0.4, -0.2) is 37.9 Å². The van der Waals surface area contributed by atoms with E-state index in [9.17, 15) is 0 Å². The number of nitrogens with zero attached hydrogens (tertiary/aromatic N) is 2. The molecular weight excluding hydrogens is 286 g/mol. The van der Waals surface area contributed by atoms with Gasteiger partial charge >= 0.3 is 0 Å². The van der Waals surface area contributed by atoms with Crippen LogP contribution in [-0.2, 0) is 4.74 Å². The van der Waals surface area contributed by atoms with Crippen molar-refractivity contribution >= 4 is 6.72 Å². The first-order chi connectivity index (χ1) is 11.1. The molecule has 0 saturated carbocycles. The molecule has 0 amide bonds. The number of likely N-dealkylation sites (tertiary alicyclic amines) is 1. The zero-order valence-corrected chi connectivity index (χ0v) is 14.5. The van der Waals surface area contributed by atoms with Crippen molar-refractivity contribution in [1.82, 2.24) is 10.2 Å². The van der Waals surface area contributed by atoms with Gasteiger partial charge in [-0.2, -0.15) is 0 Å². The highest BCUT2D eigenvalue weighted by atomic mass is 16.5. The van der Waals surface area contributed by atoms with Gasteiger partial charge in [0.1, 0.15) is 12.4 Å². The molecule has 0 aromatic carbocycles. The van der Waals surface area contributed by atoms with Crippen LogP contribution in [0.2, 0.25) is 0 Å². The van der Waals surface area contributed by atoms with E-state index in [1.807, 2.05) is 20.0 Å². The summed E-state index contributed by atoms with van der Waals surface area (Å²) in [5.41, 5.74) is 5.83. The molecule has 4 nitrogen and oxygen atoms in total. The molecular formula is C19H27N3O. The Labute approximate surface area is 139 Å². The van der Waals surface area contributed by atoms with Crippen LogP contribution in [0.15, 0.2) is 63.8 Å². The highest BCUT2D eigenvalue weighted by molar-refractivity contribution is 5.42. The lowest BCUT2D eigenvalue weighted by atomic mass is 9.98. The van der Waals surface area contributed by atoms with Gasteiger partial charge in [-0.3, -0.25) is 4.99 Å². The van der Waals surface area contributed by atoms with Gasteiger partial charge in [0.25, 0.3) is 0 Å². The Hall–Kier alpha value is -2.23. The molecule has 2 aliphatic heterocycles. The Morgan fingerprint density at radius 2 is 2.22 bits per heavy atom. The Bertz CT molecular complexity index is 608. The van der Waals surface area contributed by atoms with Gasteiger partial charge in [0.05, 0.1) is 5.70 Å². The first-order valence-corrected chi connectivity index (χ1v) is 8.08. The first-order valence-electron chi connectivity index (χ1n) is 8.08. The van der Waals surface area contributed by atoms with Crippen LogP contribution in [0.4, 0.5) is 0 Å². The fourth-order valence-electron chi connectivity index (χ4n) is 3.04. The smallest absolute Gasteiger partial charge is 0.116 e. The van der Waals surface area contributed by atoms with E-state index >= 15 is 0 Å². The van der Waals surface area contributed by atoms with Crippen LogP contribution in [0.3, 0.4) is 0 Å². The summed E-state index contributed by atoms with van der Waals surface area (Å²) < 4.78 is 5.69. The first kappa shape index (κ1) is 17.1. The summed E-state index contributed by atoms with van der Waals surface area (Å²) >= 11 is 0. The van der Waals surface area contributed by atoms with E-state index in [1.54, 1.807) is 0 Å². The Balaban J connectivity index is 2.32. The van der Waals surface area contributed by atoms with Crippen molar-refractivity contribution < 1.29 is 4.74 Å². The molecule has 1 N–H and O–H groups in total. The summed E-state index contributed by atoms with van der Waals surface area (Å²) in [6, 6.07) is 0. The Morgan fingerprint density at radius 3 is 2.83 bits per heavy atom. The number of aliphatic imine (C=N–C) groups is 1. The number of piperidine rings is 1. The van der Waals surface area contributed by atoms with E-state index in [1.165, 1.54) is 16.8 Å². The minimum atomic E-state index is 0.727. The molecule has 0 aliphatic carbocycles. The van der Waals surface area contributed by atoms with Crippen molar-refractivity contribution in [2.24, 2.45) is 4.99 Å². The molecule has 2 heterocycles. The maximum Gasteiger partial charge on any atom is 0.116 e. The van der Waals surface area contributed by atoms with Crippen molar-refractivity contribution in [2.45, 2.75) is 27.2 Å². The van der Waals surface area contributed by atoms with Crippen LogP contribution >= 0.6 is 0 Å². The number of rotatable bonds is 4. The maximum atomic E-state index is 5.69. The number of nitrogens with one attached hydrogen (secondary N) is 1. The van der Waals surface area contributed by atoms with Crippen LogP contribution in [0.1, 0.15) is 27.2 Å². The largest absolute Gasteiger partial charge is 0.494 e. The molecule has 2 aliphatic rings. The molecule has 124 valence electrons. The van der Waals surface area contributed by atoms with Gasteiger partial charge < -0.3 is 15.0 Å². The summed E-state index contributed by atoms with van der Waals surface area (Å²) in [4.78, 5) is 6.25. The molecule has 1 fully saturated rings. The van der Waals surface area contributed by atoms with Crippen molar-refractivity contribution in [1.29, 1.82) is 0 Å². The number of hydrogen-bond donors (Lipinski definition) is 1. The molecule has 0 spiro atoms. The van der Waals surface area contributed by atoms with Gasteiger partial charge in [0, 0.05) is 31.5 Å². The number of allylic oxidation sites excluding steroid dienone is 4. The number of hydrogen-bond acceptors (Lipinski definition) is 4. The van der Waals surface area contributed by atoms with Crippen molar-refractivity contribution in [3.05, 3.63) is 58.8 Å². The summed E-state index contributed by atoms with van der Waals surface area (Å²) in [6.45, 7) is 17.3. The normalized spacial score (nSPS) is 22.1. The second-order valence-corrected chi connectivity index (χ2v) is 5.83. The third kappa shape index (κ3) is 3.95. The molecule has 0 unspecified atom stereocenters. The Morgan fingerprint density at radius 1 is 1.43 bits per heavy atom. The molecule has 0 atom stereocenters. The van der Waals surface area contributed by atoms with Gasteiger partial charge in [0.15, 0.2) is 0 Å². The molecule has 0 aromatic heterocycles. The molecule has 2 rings (SSSR count). The van der Waals surface area contributed by atoms with Crippen molar-refractivity contribution in [3.63, 3.8) is 0 Å². The summed E-state index contributed by atoms with van der Waals surface area (Å²) in [7, 11) is 0. The molecule has 0 radical (unpaired) electrons. The fourth-order valence-corrected chi connectivity index (χ4v) is 3.04. The lowest BCUT2D eigenvalue weighted by Gasteiger charge is -2.34. The third-order valence-corrected chi connectivity index (χ3v) is 4.23. The van der Waals surface area contributed by atoms with Crippen LogP contribution < -0.4 is 5.32 Å². The number of ether oxygens (including phenoxy) is 1. The monoisotopic (exact) mass is 313 g/mol. The van der Waals surface area contributed by atoms with Gasteiger partial charge in [-0.15, -0.1) is 0 Å². The van der Waals surface area contributed by atoms with E-state index < -0.39 is 0 Å². The van der Waals surface area contributed by atoms with Crippen molar-refractivity contribution in [3.8, 4) is 0 Å². The zero-order valence-electron chi connectivity index (χ0n) is 14.5. The summed E-state index contributed by atoms with van der Waals surface area (Å²) in [5.74, 6) is 0.961. The molecule has 4 heteroatoms. The standard InChI is InChI=1S/C19H27N3O/c1-6-7-18(15(3)19-16(4)23-11-9-21-19)22-10-8-17(12-20-5)14(2)13-22/h6-7,12,21H,2,5,8-11,13H2,1,3-4H3/b7-6-,17-12-,18-15+. The highest BCUT2D eigenvalue weighted by Gasteiger charge is 2.22. The minimum absolute atomic E-state index is 0.727. The van der Waals surface area contributed by atoms with Crippen LogP contribution in [0.25, 0.3) is 0 Å². The lowest BCUT2D eigenvalue weighted by molar-refractivity contribution is 0.194. The van der Waals surface area contributed by atoms with E-state index in [2.05, 4.69) is 47.6 Å². The Kier molecular flexibility index (Phi) is 5.85. The quantitative estimate of drug-likeness (QED) is 0.637. The van der Waals surface area contributed by atoms with E-state index in [0.717, 1.165) is 49.7 Å². The van der Waals surface area contributed by atoms with E-state index in [0.29, 0.717) is 0 Å². The zero-order chi connectivity index (χ0) is 16.8. The third-order valence-electron chi connectivity index (χ3n) is 4.23. The van der Waals surface area contributed by atoms with Crippen molar-refractivity contribution in [2.75, 3.05) is 26.2 Å². The summed E-state index contributed by atoms with van der Waals surface area (Å²) in [6.07, 6.45) is 7.01. The predicted molar refractivity (Wildman–Crippen MR) is 97.1 cm³/mol. The average molecular weight is 313 g/mol. The maximum absolute atomic E-state index is 5.69. The van der Waals surface area contributed by atoms with Gasteiger partial charge in [0.2, 0.25) is 0 Å². The molecule has 0 bridgehead atoms. The second-order valence-electron chi connectivity index (χ2n) is 5.83. The molecule has 23 heavy (non-hydrogen) atoms. The molecule has 1 saturated heterocycles. The van der Waals surface area contributed by atoms with E-state index in [-0.39, 0.29) is 0 Å². The predicted octanol–water partition coefficient (Wildman–Crippen LogP) is 3.53. The molecule has 0 aromatic rings. The fraction of sp³-hybridized carbons (Fsp3) is 0.421. The minimum Gasteiger partial charge on any atom is -0.494 e.